The van der Waals surface area contributed by atoms with E-state index in [-0.39, 0.29) is 0 Å². The molecule has 0 aliphatic heterocycles. The predicted molar refractivity (Wildman–Crippen MR) is 70.9 cm³/mol. The van der Waals surface area contributed by atoms with E-state index in [1.807, 2.05) is 7.05 Å². The molecular formula is C15H19N. The molecule has 0 aromatic heterocycles. The van der Waals surface area contributed by atoms with Gasteiger partial charge in [0.15, 0.2) is 0 Å². The van der Waals surface area contributed by atoms with Crippen molar-refractivity contribution in [2.75, 3.05) is 7.05 Å². The van der Waals surface area contributed by atoms with Crippen molar-refractivity contribution in [1.82, 2.24) is 5.32 Å². The molecule has 1 nitrogen and oxygen atoms in total. The van der Waals surface area contributed by atoms with Gasteiger partial charge >= 0.3 is 0 Å². The third-order valence-electron chi connectivity index (χ3n) is 3.50. The summed E-state index contributed by atoms with van der Waals surface area (Å²) < 4.78 is 0. The van der Waals surface area contributed by atoms with Crippen molar-refractivity contribution < 1.29 is 0 Å². The Hall–Kier alpha value is -1.34. The van der Waals surface area contributed by atoms with Crippen LogP contribution in [0, 0.1) is 0 Å². The lowest BCUT2D eigenvalue weighted by atomic mass is 9.92. The Morgan fingerprint density at radius 2 is 1.62 bits per heavy atom. The van der Waals surface area contributed by atoms with Gasteiger partial charge < -0.3 is 5.32 Å². The van der Waals surface area contributed by atoms with Crippen LogP contribution in [0.1, 0.15) is 25.3 Å². The minimum absolute atomic E-state index is 0.501. The van der Waals surface area contributed by atoms with Crippen LogP contribution < -0.4 is 5.32 Å². The third-order valence-corrected chi connectivity index (χ3v) is 3.50. The van der Waals surface area contributed by atoms with Gasteiger partial charge in [0.05, 0.1) is 0 Å². The van der Waals surface area contributed by atoms with Gasteiger partial charge in [-0.1, -0.05) is 49.4 Å². The summed E-state index contributed by atoms with van der Waals surface area (Å²) in [5.41, 5.74) is 1.40. The van der Waals surface area contributed by atoms with E-state index in [2.05, 4.69) is 61.6 Å². The summed E-state index contributed by atoms with van der Waals surface area (Å²) in [5, 5.41) is 5.96. The standard InChI is InChI=1S/C15H19N/c1-11(12(2)16-3)14-9-8-13-6-4-5-7-15(13)10-14/h4-12,16H,1-3H3. The van der Waals surface area contributed by atoms with Crippen LogP contribution in [0.25, 0.3) is 10.8 Å². The number of rotatable bonds is 3. The van der Waals surface area contributed by atoms with E-state index in [1.54, 1.807) is 0 Å². The van der Waals surface area contributed by atoms with Gasteiger partial charge in [-0.25, -0.2) is 0 Å². The summed E-state index contributed by atoms with van der Waals surface area (Å²) in [6, 6.07) is 15.8. The van der Waals surface area contributed by atoms with Gasteiger partial charge in [0.25, 0.3) is 0 Å². The Morgan fingerprint density at radius 1 is 0.938 bits per heavy atom. The zero-order valence-electron chi connectivity index (χ0n) is 10.2. The summed E-state index contributed by atoms with van der Waals surface area (Å²) in [4.78, 5) is 0. The van der Waals surface area contributed by atoms with Crippen molar-refractivity contribution in [1.29, 1.82) is 0 Å². The van der Waals surface area contributed by atoms with E-state index in [0.29, 0.717) is 12.0 Å². The highest BCUT2D eigenvalue weighted by Gasteiger charge is 2.12. The first-order chi connectivity index (χ1) is 7.72. The lowest BCUT2D eigenvalue weighted by molar-refractivity contribution is 0.524. The molecule has 84 valence electrons. The zero-order valence-corrected chi connectivity index (χ0v) is 10.2. The van der Waals surface area contributed by atoms with E-state index in [0.717, 1.165) is 0 Å². The fourth-order valence-corrected chi connectivity index (χ4v) is 2.03. The maximum atomic E-state index is 3.31. The van der Waals surface area contributed by atoms with Crippen molar-refractivity contribution in [3.8, 4) is 0 Å². The Bertz CT molecular complexity index is 476. The van der Waals surface area contributed by atoms with Crippen molar-refractivity contribution in [3.63, 3.8) is 0 Å². The van der Waals surface area contributed by atoms with Gasteiger partial charge in [0, 0.05) is 6.04 Å². The van der Waals surface area contributed by atoms with Crippen LogP contribution in [-0.2, 0) is 0 Å². The molecule has 0 aliphatic rings. The van der Waals surface area contributed by atoms with Gasteiger partial charge in [-0.15, -0.1) is 0 Å². The number of likely N-dealkylation sites (N-methyl/N-ethyl adjacent to an activating group) is 1. The van der Waals surface area contributed by atoms with E-state index in [9.17, 15) is 0 Å². The Labute approximate surface area is 97.5 Å². The van der Waals surface area contributed by atoms with E-state index in [4.69, 9.17) is 0 Å². The van der Waals surface area contributed by atoms with Crippen LogP contribution in [-0.4, -0.2) is 13.1 Å². The molecule has 0 saturated heterocycles. The molecule has 0 spiro atoms. The fourth-order valence-electron chi connectivity index (χ4n) is 2.03. The van der Waals surface area contributed by atoms with Crippen molar-refractivity contribution in [3.05, 3.63) is 48.0 Å². The monoisotopic (exact) mass is 213 g/mol. The second-order valence-corrected chi connectivity index (χ2v) is 4.47. The molecule has 1 N–H and O–H groups in total. The predicted octanol–water partition coefficient (Wildman–Crippen LogP) is 3.55. The second kappa shape index (κ2) is 4.67. The van der Waals surface area contributed by atoms with Gasteiger partial charge in [0.1, 0.15) is 0 Å². The number of hydrogen-bond donors (Lipinski definition) is 1. The molecule has 2 atom stereocenters. The highest BCUT2D eigenvalue weighted by atomic mass is 14.9. The molecule has 2 aromatic carbocycles. The Kier molecular flexibility index (Phi) is 3.25. The number of hydrogen-bond acceptors (Lipinski definition) is 1. The van der Waals surface area contributed by atoms with Crippen LogP contribution in [0.5, 0.6) is 0 Å². The molecule has 0 bridgehead atoms. The summed E-state index contributed by atoms with van der Waals surface area (Å²) >= 11 is 0. The molecule has 16 heavy (non-hydrogen) atoms. The van der Waals surface area contributed by atoms with Crippen LogP contribution in [0.2, 0.25) is 0 Å². The molecule has 2 aromatic rings. The highest BCUT2D eigenvalue weighted by molar-refractivity contribution is 5.83. The SMILES string of the molecule is CNC(C)C(C)c1ccc2ccccc2c1. The minimum Gasteiger partial charge on any atom is -0.317 e. The minimum atomic E-state index is 0.501. The maximum Gasteiger partial charge on any atom is 0.0102 e. The third kappa shape index (κ3) is 2.10. The number of benzene rings is 2. The topological polar surface area (TPSA) is 12.0 Å². The molecule has 2 rings (SSSR count). The quantitative estimate of drug-likeness (QED) is 0.822. The second-order valence-electron chi connectivity index (χ2n) is 4.47. The molecule has 2 unspecified atom stereocenters. The maximum absolute atomic E-state index is 3.31. The zero-order chi connectivity index (χ0) is 11.5. The molecule has 0 amide bonds. The van der Waals surface area contributed by atoms with Crippen molar-refractivity contribution in [2.45, 2.75) is 25.8 Å². The van der Waals surface area contributed by atoms with Gasteiger partial charge in [-0.05, 0) is 36.2 Å². The lowest BCUT2D eigenvalue weighted by Crippen LogP contribution is -2.27. The average Bonchev–Trinajstić information content (AvgIpc) is 2.36. The summed E-state index contributed by atoms with van der Waals surface area (Å²) in [7, 11) is 2.02. The van der Waals surface area contributed by atoms with Crippen LogP contribution in [0.4, 0.5) is 0 Å². The van der Waals surface area contributed by atoms with E-state index in [1.165, 1.54) is 16.3 Å². The summed E-state index contributed by atoms with van der Waals surface area (Å²) in [6.07, 6.45) is 0. The van der Waals surface area contributed by atoms with Gasteiger partial charge in [-0.3, -0.25) is 0 Å². The Morgan fingerprint density at radius 3 is 2.31 bits per heavy atom. The fraction of sp³-hybridized carbons (Fsp3) is 0.333. The molecule has 1 heteroatoms. The molecular weight excluding hydrogens is 194 g/mol. The van der Waals surface area contributed by atoms with Crippen molar-refractivity contribution in [2.24, 2.45) is 0 Å². The van der Waals surface area contributed by atoms with E-state index < -0.39 is 0 Å². The van der Waals surface area contributed by atoms with Crippen molar-refractivity contribution >= 4 is 10.8 Å². The van der Waals surface area contributed by atoms with Crippen LogP contribution in [0.15, 0.2) is 42.5 Å². The first kappa shape index (κ1) is 11.2. The smallest absolute Gasteiger partial charge is 0.0102 e. The summed E-state index contributed by atoms with van der Waals surface area (Å²) in [6.45, 7) is 4.49. The molecule has 0 radical (unpaired) electrons. The summed E-state index contributed by atoms with van der Waals surface area (Å²) in [5.74, 6) is 0.537. The first-order valence-electron chi connectivity index (χ1n) is 5.88. The number of nitrogens with one attached hydrogen (secondary N) is 1. The van der Waals surface area contributed by atoms with Gasteiger partial charge in [0.2, 0.25) is 0 Å². The molecule has 0 fully saturated rings. The number of fused-ring (bicyclic) bond motifs is 1. The van der Waals surface area contributed by atoms with Crippen LogP contribution in [0.3, 0.4) is 0 Å². The normalized spacial score (nSPS) is 14.9. The lowest BCUT2D eigenvalue weighted by Gasteiger charge is -2.20. The van der Waals surface area contributed by atoms with E-state index >= 15 is 0 Å². The Balaban J connectivity index is 2.39. The largest absolute Gasteiger partial charge is 0.317 e. The first-order valence-corrected chi connectivity index (χ1v) is 5.88. The molecule has 0 aliphatic carbocycles. The van der Waals surface area contributed by atoms with Gasteiger partial charge in [-0.2, -0.15) is 0 Å². The molecule has 0 saturated carbocycles. The highest BCUT2D eigenvalue weighted by Crippen LogP contribution is 2.23. The molecule has 0 heterocycles. The van der Waals surface area contributed by atoms with Crippen LogP contribution >= 0.6 is 0 Å². The average molecular weight is 213 g/mol.